The summed E-state index contributed by atoms with van der Waals surface area (Å²) in [6.45, 7) is 9.72. The maximum Gasteiger partial charge on any atom is 0.410 e. The zero-order chi connectivity index (χ0) is 28.6. The van der Waals surface area contributed by atoms with E-state index in [1.807, 2.05) is 71.1 Å². The number of halogens is 1. The minimum absolute atomic E-state index is 0.0687. The van der Waals surface area contributed by atoms with Crippen molar-refractivity contribution in [2.24, 2.45) is 0 Å². The van der Waals surface area contributed by atoms with Crippen LogP contribution >= 0.6 is 11.6 Å². The van der Waals surface area contributed by atoms with Crippen molar-refractivity contribution < 1.29 is 14.3 Å². The van der Waals surface area contributed by atoms with E-state index in [1.54, 1.807) is 11.2 Å². The first kappa shape index (κ1) is 28.4. The van der Waals surface area contributed by atoms with Crippen LogP contribution in [0, 0.1) is 0 Å². The molecule has 0 spiro atoms. The summed E-state index contributed by atoms with van der Waals surface area (Å²) in [7, 11) is 0. The quantitative estimate of drug-likeness (QED) is 0.360. The third-order valence-corrected chi connectivity index (χ3v) is 8.45. The number of H-pyrrole nitrogens is 1. The Kier molecular flexibility index (Phi) is 8.09. The molecule has 0 aliphatic carbocycles. The standard InChI is InChI=1S/C31H40ClN5O3/c1-19(2)36(30(39)40-31(3,4)5)17-26(20-9-11-22(32)12-10-20)29(38)37-23-7-6-8-24(37)16-21(15-23)27-25-13-14-33-28(25)35-18-34-27/h9-14,18-19,21,23-24,26H,6-8,15-17H2,1-5H3,(H,33,34,35)/t21?,23?,24?,26-/m1/s1. The van der Waals surface area contributed by atoms with Gasteiger partial charge in [-0.1, -0.05) is 23.7 Å². The molecule has 2 aliphatic rings. The van der Waals surface area contributed by atoms with Gasteiger partial charge in [0.05, 0.1) is 11.6 Å². The Morgan fingerprint density at radius 2 is 1.77 bits per heavy atom. The number of aromatic nitrogens is 3. The van der Waals surface area contributed by atoms with Crippen LogP contribution in [0.4, 0.5) is 4.79 Å². The zero-order valence-electron chi connectivity index (χ0n) is 24.1. The topological polar surface area (TPSA) is 91.4 Å². The lowest BCUT2D eigenvalue weighted by atomic mass is 9.75. The summed E-state index contributed by atoms with van der Waals surface area (Å²) in [5, 5.41) is 1.68. The van der Waals surface area contributed by atoms with Crippen LogP contribution in [-0.2, 0) is 9.53 Å². The van der Waals surface area contributed by atoms with E-state index in [0.717, 1.165) is 54.4 Å². The van der Waals surface area contributed by atoms with Gasteiger partial charge in [0, 0.05) is 47.2 Å². The molecule has 1 N–H and O–H groups in total. The van der Waals surface area contributed by atoms with Crippen molar-refractivity contribution >= 4 is 34.6 Å². The molecule has 4 heterocycles. The molecule has 2 bridgehead atoms. The number of piperidine rings is 2. The monoisotopic (exact) mass is 565 g/mol. The molecule has 9 heteroatoms. The van der Waals surface area contributed by atoms with Crippen LogP contribution in [0.15, 0.2) is 42.9 Å². The van der Waals surface area contributed by atoms with Gasteiger partial charge in [0.15, 0.2) is 0 Å². The SMILES string of the molecule is CC(C)N(C[C@@H](C(=O)N1C2CCCC1CC(c1ncnc3[nH]ccc13)C2)c1ccc(Cl)cc1)C(=O)OC(C)(C)C. The van der Waals surface area contributed by atoms with E-state index in [0.29, 0.717) is 5.02 Å². The van der Waals surface area contributed by atoms with Gasteiger partial charge in [-0.25, -0.2) is 14.8 Å². The molecule has 2 aliphatic heterocycles. The predicted octanol–water partition coefficient (Wildman–Crippen LogP) is 6.67. The van der Waals surface area contributed by atoms with Crippen molar-refractivity contribution in [3.63, 3.8) is 0 Å². The van der Waals surface area contributed by atoms with E-state index < -0.39 is 17.6 Å². The molecule has 0 radical (unpaired) electrons. The maximum absolute atomic E-state index is 14.6. The minimum Gasteiger partial charge on any atom is -0.444 e. The Morgan fingerprint density at radius 1 is 1.10 bits per heavy atom. The molecule has 2 saturated heterocycles. The Morgan fingerprint density at radius 3 is 2.40 bits per heavy atom. The summed E-state index contributed by atoms with van der Waals surface area (Å²) in [5.74, 6) is -0.190. The van der Waals surface area contributed by atoms with Gasteiger partial charge in [-0.05, 0) is 90.5 Å². The summed E-state index contributed by atoms with van der Waals surface area (Å²) < 4.78 is 5.73. The van der Waals surface area contributed by atoms with Crippen LogP contribution in [0.25, 0.3) is 11.0 Å². The van der Waals surface area contributed by atoms with Gasteiger partial charge in [-0.3, -0.25) is 4.79 Å². The van der Waals surface area contributed by atoms with E-state index in [4.69, 9.17) is 21.3 Å². The zero-order valence-corrected chi connectivity index (χ0v) is 24.8. The van der Waals surface area contributed by atoms with Gasteiger partial charge in [0.25, 0.3) is 0 Å². The highest BCUT2D eigenvalue weighted by molar-refractivity contribution is 6.30. The smallest absolute Gasteiger partial charge is 0.410 e. The summed E-state index contributed by atoms with van der Waals surface area (Å²) in [6.07, 6.45) is 7.91. The number of carbonyl (C=O) groups excluding carboxylic acids is 2. The lowest BCUT2D eigenvalue weighted by Crippen LogP contribution is -2.57. The van der Waals surface area contributed by atoms with Crippen LogP contribution in [0.5, 0.6) is 0 Å². The highest BCUT2D eigenvalue weighted by Crippen LogP contribution is 2.43. The second kappa shape index (κ2) is 11.4. The number of ether oxygens (including phenoxy) is 1. The number of fused-ring (bicyclic) bond motifs is 3. The maximum atomic E-state index is 14.6. The Bertz CT molecular complexity index is 1340. The molecule has 1 aromatic carbocycles. The van der Waals surface area contributed by atoms with Crippen LogP contribution in [0.1, 0.15) is 89.8 Å². The van der Waals surface area contributed by atoms with E-state index >= 15 is 0 Å². The van der Waals surface area contributed by atoms with Gasteiger partial charge in [-0.2, -0.15) is 0 Å². The fraction of sp³-hybridized carbons (Fsp3) is 0.548. The largest absolute Gasteiger partial charge is 0.444 e. The molecule has 214 valence electrons. The molecule has 0 saturated carbocycles. The fourth-order valence-corrected chi connectivity index (χ4v) is 6.52. The molecule has 3 aromatic rings. The van der Waals surface area contributed by atoms with Crippen molar-refractivity contribution in [1.82, 2.24) is 24.8 Å². The minimum atomic E-state index is -0.630. The van der Waals surface area contributed by atoms with Crippen LogP contribution < -0.4 is 0 Å². The van der Waals surface area contributed by atoms with Crippen molar-refractivity contribution in [1.29, 1.82) is 0 Å². The van der Waals surface area contributed by atoms with Crippen LogP contribution in [-0.4, -0.2) is 67.0 Å². The number of nitrogens with one attached hydrogen (secondary N) is 1. The van der Waals surface area contributed by atoms with Crippen LogP contribution in [0.3, 0.4) is 0 Å². The first-order valence-corrected chi connectivity index (χ1v) is 14.7. The second-order valence-electron chi connectivity index (χ2n) is 12.5. The number of benzene rings is 1. The predicted molar refractivity (Wildman–Crippen MR) is 156 cm³/mol. The fourth-order valence-electron chi connectivity index (χ4n) is 6.40. The van der Waals surface area contributed by atoms with E-state index in [2.05, 4.69) is 14.9 Å². The first-order valence-electron chi connectivity index (χ1n) is 14.4. The molecule has 5 rings (SSSR count). The number of rotatable bonds is 6. The number of amides is 2. The normalized spacial score (nSPS) is 21.9. The average molecular weight is 566 g/mol. The summed E-state index contributed by atoms with van der Waals surface area (Å²) in [4.78, 5) is 43.9. The molecule has 2 aromatic heterocycles. The van der Waals surface area contributed by atoms with Gasteiger partial charge >= 0.3 is 6.09 Å². The number of hydrogen-bond donors (Lipinski definition) is 1. The molecular formula is C31H40ClN5O3. The summed E-state index contributed by atoms with van der Waals surface area (Å²) in [6, 6.07) is 9.60. The van der Waals surface area contributed by atoms with Gasteiger partial charge in [-0.15, -0.1) is 0 Å². The van der Waals surface area contributed by atoms with Crippen molar-refractivity contribution in [3.05, 3.63) is 59.1 Å². The molecule has 2 amide bonds. The highest BCUT2D eigenvalue weighted by Gasteiger charge is 2.44. The second-order valence-corrected chi connectivity index (χ2v) is 12.9. The van der Waals surface area contributed by atoms with E-state index in [9.17, 15) is 9.59 Å². The Labute approximate surface area is 241 Å². The van der Waals surface area contributed by atoms with Crippen molar-refractivity contribution in [2.75, 3.05) is 6.54 Å². The van der Waals surface area contributed by atoms with E-state index in [1.165, 1.54) is 0 Å². The Hall–Kier alpha value is -3.13. The van der Waals surface area contributed by atoms with Crippen LogP contribution in [0.2, 0.25) is 5.02 Å². The van der Waals surface area contributed by atoms with Gasteiger partial charge in [0.2, 0.25) is 5.91 Å². The van der Waals surface area contributed by atoms with Crippen molar-refractivity contribution in [3.8, 4) is 0 Å². The molecule has 2 fully saturated rings. The molecule has 3 atom stereocenters. The number of hydrogen-bond acceptors (Lipinski definition) is 5. The number of nitrogens with zero attached hydrogens (tertiary/aromatic N) is 4. The lowest BCUT2D eigenvalue weighted by Gasteiger charge is -2.50. The average Bonchev–Trinajstić information content (AvgIpc) is 3.37. The van der Waals surface area contributed by atoms with E-state index in [-0.39, 0.29) is 36.5 Å². The molecule has 2 unspecified atom stereocenters. The summed E-state index contributed by atoms with van der Waals surface area (Å²) >= 11 is 6.22. The highest BCUT2D eigenvalue weighted by atomic mass is 35.5. The third-order valence-electron chi connectivity index (χ3n) is 8.20. The van der Waals surface area contributed by atoms with Gasteiger partial charge in [0.1, 0.15) is 17.6 Å². The number of carbonyl (C=O) groups is 2. The van der Waals surface area contributed by atoms with Crippen molar-refractivity contribution in [2.45, 2.75) is 102 Å². The summed E-state index contributed by atoms with van der Waals surface area (Å²) in [5.41, 5.74) is 2.15. The molecular weight excluding hydrogens is 526 g/mol. The lowest BCUT2D eigenvalue weighted by molar-refractivity contribution is -0.143. The third kappa shape index (κ3) is 5.97. The molecule has 8 nitrogen and oxygen atoms in total. The first-order chi connectivity index (χ1) is 19.0. The van der Waals surface area contributed by atoms with Gasteiger partial charge < -0.3 is 19.5 Å². The Balaban J connectivity index is 1.44. The number of aromatic amines is 1. The molecule has 40 heavy (non-hydrogen) atoms.